The Morgan fingerprint density at radius 2 is 2.24 bits per heavy atom. The van der Waals surface area contributed by atoms with E-state index in [1.807, 2.05) is 0 Å². The first-order chi connectivity index (χ1) is 10.1. The van der Waals surface area contributed by atoms with Crippen LogP contribution in [0.3, 0.4) is 0 Å². The molecule has 1 heterocycles. The van der Waals surface area contributed by atoms with Gasteiger partial charge in [-0.15, -0.1) is 0 Å². The number of carbonyl (C=O) groups excluding carboxylic acids is 2. The van der Waals surface area contributed by atoms with Crippen LogP contribution in [0.5, 0.6) is 0 Å². The van der Waals surface area contributed by atoms with Crippen molar-refractivity contribution in [1.29, 1.82) is 0 Å². The number of methoxy groups -OCH3 is 1. The molecule has 1 N–H and O–H groups in total. The number of anilines is 1. The van der Waals surface area contributed by atoms with Crippen molar-refractivity contribution in [2.24, 2.45) is 0 Å². The van der Waals surface area contributed by atoms with Crippen molar-refractivity contribution in [2.45, 2.75) is 12.8 Å². The van der Waals surface area contributed by atoms with E-state index in [9.17, 15) is 9.59 Å². The monoisotopic (exact) mass is 308 g/mol. The van der Waals surface area contributed by atoms with Gasteiger partial charge < -0.3 is 14.5 Å². The van der Waals surface area contributed by atoms with Gasteiger partial charge in [-0.05, 0) is 18.2 Å². The summed E-state index contributed by atoms with van der Waals surface area (Å²) >= 11 is 5.99. The second kappa shape index (κ2) is 6.90. The predicted molar refractivity (Wildman–Crippen MR) is 76.2 cm³/mol. The largest absolute Gasteiger partial charge is 0.465 e. The number of oxazole rings is 1. The van der Waals surface area contributed by atoms with Gasteiger partial charge in [0.05, 0.1) is 29.1 Å². The third kappa shape index (κ3) is 4.06. The SMILES string of the molecule is COC(=O)c1ccc(Cl)c(NC(=O)CCc2cocn2)c1. The highest BCUT2D eigenvalue weighted by molar-refractivity contribution is 6.33. The molecule has 0 aliphatic rings. The van der Waals surface area contributed by atoms with Crippen LogP contribution in [-0.2, 0) is 16.0 Å². The van der Waals surface area contributed by atoms with E-state index < -0.39 is 5.97 Å². The van der Waals surface area contributed by atoms with Crippen molar-refractivity contribution in [3.63, 3.8) is 0 Å². The second-order valence-corrected chi connectivity index (χ2v) is 4.62. The Balaban J connectivity index is 2.01. The summed E-state index contributed by atoms with van der Waals surface area (Å²) in [7, 11) is 1.28. The zero-order chi connectivity index (χ0) is 15.2. The van der Waals surface area contributed by atoms with Crippen LogP contribution in [0.15, 0.2) is 35.3 Å². The van der Waals surface area contributed by atoms with Gasteiger partial charge in [-0.2, -0.15) is 0 Å². The number of halogens is 1. The molecule has 0 bridgehead atoms. The van der Waals surface area contributed by atoms with Crippen LogP contribution >= 0.6 is 11.6 Å². The summed E-state index contributed by atoms with van der Waals surface area (Å²) in [5.41, 5.74) is 1.37. The van der Waals surface area contributed by atoms with Crippen LogP contribution in [-0.4, -0.2) is 24.0 Å². The summed E-state index contributed by atoms with van der Waals surface area (Å²) in [6.45, 7) is 0. The van der Waals surface area contributed by atoms with Crippen molar-refractivity contribution in [3.05, 3.63) is 47.1 Å². The Labute approximate surface area is 126 Å². The van der Waals surface area contributed by atoms with Gasteiger partial charge >= 0.3 is 5.97 Å². The summed E-state index contributed by atoms with van der Waals surface area (Å²) in [5, 5.41) is 3.00. The molecule has 0 aliphatic heterocycles. The standard InChI is InChI=1S/C14H13ClN2O4/c1-20-14(19)9-2-4-11(15)12(6-9)17-13(18)5-3-10-7-21-8-16-10/h2,4,6-8H,3,5H2,1H3,(H,17,18). The minimum absolute atomic E-state index is 0.227. The summed E-state index contributed by atoms with van der Waals surface area (Å²) in [6.07, 6.45) is 3.48. The van der Waals surface area contributed by atoms with Gasteiger partial charge in [-0.3, -0.25) is 4.79 Å². The molecule has 0 unspecified atom stereocenters. The molecule has 0 saturated carbocycles. The third-order valence-electron chi connectivity index (χ3n) is 2.75. The highest BCUT2D eigenvalue weighted by atomic mass is 35.5. The fraction of sp³-hybridized carbons (Fsp3) is 0.214. The molecule has 1 amide bonds. The molecule has 2 aromatic rings. The first-order valence-corrected chi connectivity index (χ1v) is 6.52. The molecule has 110 valence electrons. The van der Waals surface area contributed by atoms with Crippen molar-refractivity contribution in [1.82, 2.24) is 4.98 Å². The number of benzene rings is 1. The smallest absolute Gasteiger partial charge is 0.337 e. The number of hydrogen-bond acceptors (Lipinski definition) is 5. The maximum atomic E-state index is 11.9. The van der Waals surface area contributed by atoms with Crippen LogP contribution in [0.1, 0.15) is 22.5 Å². The molecule has 0 atom stereocenters. The Kier molecular flexibility index (Phi) is 4.94. The van der Waals surface area contributed by atoms with Gasteiger partial charge in [-0.1, -0.05) is 11.6 Å². The van der Waals surface area contributed by atoms with Crippen LogP contribution in [0, 0.1) is 0 Å². The molecule has 0 radical (unpaired) electrons. The molecular formula is C14H13ClN2O4. The third-order valence-corrected chi connectivity index (χ3v) is 3.08. The number of amides is 1. The Hall–Kier alpha value is -2.34. The fourth-order valence-electron chi connectivity index (χ4n) is 1.68. The van der Waals surface area contributed by atoms with Crippen molar-refractivity contribution >= 4 is 29.2 Å². The number of rotatable bonds is 5. The lowest BCUT2D eigenvalue weighted by Gasteiger charge is -2.08. The van der Waals surface area contributed by atoms with E-state index in [4.69, 9.17) is 16.0 Å². The van der Waals surface area contributed by atoms with E-state index in [2.05, 4.69) is 15.0 Å². The normalized spacial score (nSPS) is 10.2. The van der Waals surface area contributed by atoms with Gasteiger partial charge in [0.15, 0.2) is 6.39 Å². The predicted octanol–water partition coefficient (Wildman–Crippen LogP) is 2.69. The summed E-state index contributed by atoms with van der Waals surface area (Å²) in [6, 6.07) is 4.53. The number of esters is 1. The van der Waals surface area contributed by atoms with Crippen molar-refractivity contribution in [3.8, 4) is 0 Å². The minimum atomic E-state index is -0.496. The second-order valence-electron chi connectivity index (χ2n) is 4.21. The molecule has 21 heavy (non-hydrogen) atoms. The van der Waals surface area contributed by atoms with Gasteiger partial charge in [0, 0.05) is 12.8 Å². The maximum Gasteiger partial charge on any atom is 0.337 e. The van der Waals surface area contributed by atoms with E-state index in [0.717, 1.165) is 0 Å². The average molecular weight is 309 g/mol. The number of nitrogens with one attached hydrogen (secondary N) is 1. The van der Waals surface area contributed by atoms with Crippen LogP contribution in [0.25, 0.3) is 0 Å². The topological polar surface area (TPSA) is 81.4 Å². The van der Waals surface area contributed by atoms with Gasteiger partial charge in [0.1, 0.15) is 6.26 Å². The van der Waals surface area contributed by atoms with Crippen LogP contribution in [0.4, 0.5) is 5.69 Å². The van der Waals surface area contributed by atoms with Crippen LogP contribution in [0.2, 0.25) is 5.02 Å². The maximum absolute atomic E-state index is 11.9. The van der Waals surface area contributed by atoms with Gasteiger partial charge in [-0.25, -0.2) is 9.78 Å². The lowest BCUT2D eigenvalue weighted by Crippen LogP contribution is -2.13. The molecule has 0 aliphatic carbocycles. The Bertz CT molecular complexity index is 640. The van der Waals surface area contributed by atoms with E-state index in [1.54, 1.807) is 0 Å². The summed E-state index contributed by atoms with van der Waals surface area (Å²) in [5.74, 6) is -0.730. The lowest BCUT2D eigenvalue weighted by molar-refractivity contribution is -0.116. The first-order valence-electron chi connectivity index (χ1n) is 6.15. The van der Waals surface area contributed by atoms with Gasteiger partial charge in [0.2, 0.25) is 5.91 Å². The Morgan fingerprint density at radius 3 is 2.90 bits per heavy atom. The highest BCUT2D eigenvalue weighted by Gasteiger charge is 2.11. The molecule has 6 nitrogen and oxygen atoms in total. The fourth-order valence-corrected chi connectivity index (χ4v) is 1.85. The number of aromatic nitrogens is 1. The quantitative estimate of drug-likeness (QED) is 0.859. The molecule has 0 fully saturated rings. The Morgan fingerprint density at radius 1 is 1.43 bits per heavy atom. The number of nitrogens with zero attached hydrogens (tertiary/aromatic N) is 1. The zero-order valence-electron chi connectivity index (χ0n) is 11.3. The van der Waals surface area contributed by atoms with E-state index in [0.29, 0.717) is 28.4 Å². The average Bonchev–Trinajstić information content (AvgIpc) is 3.00. The molecule has 0 spiro atoms. The number of ether oxygens (including phenoxy) is 1. The van der Waals surface area contributed by atoms with Crippen LogP contribution < -0.4 is 5.32 Å². The molecule has 7 heteroatoms. The number of aryl methyl sites for hydroxylation is 1. The van der Waals surface area contributed by atoms with E-state index >= 15 is 0 Å². The molecule has 0 saturated heterocycles. The molecule has 1 aromatic carbocycles. The van der Waals surface area contributed by atoms with Crippen molar-refractivity contribution < 1.29 is 18.7 Å². The first kappa shape index (κ1) is 15.1. The summed E-state index contributed by atoms with van der Waals surface area (Å²) < 4.78 is 9.44. The van der Waals surface area contributed by atoms with Gasteiger partial charge in [0.25, 0.3) is 0 Å². The summed E-state index contributed by atoms with van der Waals surface area (Å²) in [4.78, 5) is 27.2. The number of hydrogen-bond donors (Lipinski definition) is 1. The lowest BCUT2D eigenvalue weighted by atomic mass is 10.2. The number of carbonyl (C=O) groups is 2. The molecule has 2 rings (SSSR count). The zero-order valence-corrected chi connectivity index (χ0v) is 12.0. The highest BCUT2D eigenvalue weighted by Crippen LogP contribution is 2.23. The van der Waals surface area contributed by atoms with Crippen molar-refractivity contribution in [2.75, 3.05) is 12.4 Å². The minimum Gasteiger partial charge on any atom is -0.465 e. The molecule has 1 aromatic heterocycles. The van der Waals surface area contributed by atoms with E-state index in [1.165, 1.54) is 38.0 Å². The van der Waals surface area contributed by atoms with E-state index in [-0.39, 0.29) is 12.3 Å². The molecular weight excluding hydrogens is 296 g/mol.